The van der Waals surface area contributed by atoms with E-state index >= 15 is 0 Å². The molecule has 1 aromatic heterocycles. The zero-order valence-corrected chi connectivity index (χ0v) is 14.1. The first-order valence-electron chi connectivity index (χ1n) is 8.27. The van der Waals surface area contributed by atoms with Crippen LogP contribution in [0.5, 0.6) is 0 Å². The second kappa shape index (κ2) is 6.80. The SMILES string of the molecule is O=C(NCc1ccccc1)c1ccc(N2C(=O)c3nccnc3C2=O)cc1. The van der Waals surface area contributed by atoms with E-state index < -0.39 is 11.8 Å². The van der Waals surface area contributed by atoms with Gasteiger partial charge in [0.15, 0.2) is 11.4 Å². The third-order valence-corrected chi connectivity index (χ3v) is 4.19. The van der Waals surface area contributed by atoms with E-state index in [2.05, 4.69) is 15.3 Å². The number of fused-ring (bicyclic) bond motifs is 1. The Labute approximate surface area is 154 Å². The van der Waals surface area contributed by atoms with Crippen LogP contribution < -0.4 is 10.2 Å². The van der Waals surface area contributed by atoms with Crippen molar-refractivity contribution in [2.45, 2.75) is 6.54 Å². The monoisotopic (exact) mass is 358 g/mol. The summed E-state index contributed by atoms with van der Waals surface area (Å²) >= 11 is 0. The van der Waals surface area contributed by atoms with Gasteiger partial charge in [-0.1, -0.05) is 30.3 Å². The predicted octanol–water partition coefficient (Wildman–Crippen LogP) is 2.21. The molecule has 7 heteroatoms. The standard InChI is InChI=1S/C20H14N4O3/c25-18(23-12-13-4-2-1-3-5-13)14-6-8-15(9-7-14)24-19(26)16-17(20(24)27)22-11-10-21-16/h1-11H,12H2,(H,23,25). The van der Waals surface area contributed by atoms with Crippen LogP contribution in [-0.2, 0) is 6.54 Å². The molecule has 0 unspecified atom stereocenters. The molecule has 1 aliphatic rings. The zero-order chi connectivity index (χ0) is 18.8. The van der Waals surface area contributed by atoms with Crippen molar-refractivity contribution in [3.05, 3.63) is 89.5 Å². The highest BCUT2D eigenvalue weighted by atomic mass is 16.2. The second-order valence-corrected chi connectivity index (χ2v) is 5.91. The van der Waals surface area contributed by atoms with Gasteiger partial charge in [0, 0.05) is 24.5 Å². The smallest absolute Gasteiger partial charge is 0.286 e. The van der Waals surface area contributed by atoms with Gasteiger partial charge < -0.3 is 5.32 Å². The van der Waals surface area contributed by atoms with E-state index in [4.69, 9.17) is 0 Å². The Kier molecular flexibility index (Phi) is 4.18. The molecule has 0 aliphatic carbocycles. The van der Waals surface area contributed by atoms with E-state index in [1.807, 2.05) is 30.3 Å². The normalized spacial score (nSPS) is 12.8. The van der Waals surface area contributed by atoms with Crippen LogP contribution in [0.1, 0.15) is 36.9 Å². The van der Waals surface area contributed by atoms with E-state index in [-0.39, 0.29) is 17.3 Å². The maximum absolute atomic E-state index is 12.4. The molecule has 0 saturated heterocycles. The van der Waals surface area contributed by atoms with E-state index in [0.29, 0.717) is 17.8 Å². The van der Waals surface area contributed by atoms with Crippen molar-refractivity contribution in [1.29, 1.82) is 0 Å². The molecule has 0 radical (unpaired) electrons. The number of hydrogen-bond acceptors (Lipinski definition) is 5. The molecule has 4 rings (SSSR count). The molecule has 7 nitrogen and oxygen atoms in total. The summed E-state index contributed by atoms with van der Waals surface area (Å²) in [6.07, 6.45) is 2.74. The highest BCUT2D eigenvalue weighted by Gasteiger charge is 2.39. The van der Waals surface area contributed by atoms with Gasteiger partial charge in [0.1, 0.15) is 0 Å². The average molecular weight is 358 g/mol. The minimum Gasteiger partial charge on any atom is -0.348 e. The minimum absolute atomic E-state index is 0.0344. The van der Waals surface area contributed by atoms with Gasteiger partial charge >= 0.3 is 0 Å². The molecular weight excluding hydrogens is 344 g/mol. The highest BCUT2D eigenvalue weighted by Crippen LogP contribution is 2.26. The molecule has 2 heterocycles. The van der Waals surface area contributed by atoms with Crippen molar-refractivity contribution in [2.75, 3.05) is 4.90 Å². The largest absolute Gasteiger partial charge is 0.348 e. The first-order chi connectivity index (χ1) is 13.1. The number of rotatable bonds is 4. The zero-order valence-electron chi connectivity index (χ0n) is 14.1. The quantitative estimate of drug-likeness (QED) is 0.722. The second-order valence-electron chi connectivity index (χ2n) is 5.91. The molecule has 2 aromatic carbocycles. The number of carbonyl (C=O) groups excluding carboxylic acids is 3. The minimum atomic E-state index is -0.524. The Balaban J connectivity index is 1.49. The van der Waals surface area contributed by atoms with Gasteiger partial charge in [0.25, 0.3) is 17.7 Å². The molecule has 0 atom stereocenters. The number of imide groups is 1. The summed E-state index contributed by atoms with van der Waals surface area (Å²) in [6.45, 7) is 0.414. The first kappa shape index (κ1) is 16.6. The van der Waals surface area contributed by atoms with Crippen molar-refractivity contribution in [2.24, 2.45) is 0 Å². The number of nitrogens with one attached hydrogen (secondary N) is 1. The van der Waals surface area contributed by atoms with Crippen LogP contribution in [0.3, 0.4) is 0 Å². The maximum Gasteiger partial charge on any atom is 0.286 e. The van der Waals surface area contributed by atoms with Gasteiger partial charge in [0.2, 0.25) is 0 Å². The van der Waals surface area contributed by atoms with Crippen LogP contribution in [0.25, 0.3) is 0 Å². The lowest BCUT2D eigenvalue weighted by Gasteiger charge is -2.13. The number of hydrogen-bond donors (Lipinski definition) is 1. The fourth-order valence-corrected chi connectivity index (χ4v) is 2.83. The first-order valence-corrected chi connectivity index (χ1v) is 8.27. The van der Waals surface area contributed by atoms with Crippen molar-refractivity contribution in [3.8, 4) is 0 Å². The van der Waals surface area contributed by atoms with Crippen molar-refractivity contribution >= 4 is 23.4 Å². The Morgan fingerprint density at radius 1 is 0.852 bits per heavy atom. The molecular formula is C20H14N4O3. The number of benzene rings is 2. The van der Waals surface area contributed by atoms with E-state index in [9.17, 15) is 14.4 Å². The molecule has 1 N–H and O–H groups in total. The molecule has 0 bridgehead atoms. The number of anilines is 1. The highest BCUT2D eigenvalue weighted by molar-refractivity contribution is 6.33. The fraction of sp³-hybridized carbons (Fsp3) is 0.0500. The number of carbonyl (C=O) groups is 3. The van der Waals surface area contributed by atoms with Gasteiger partial charge in [-0.2, -0.15) is 0 Å². The molecule has 132 valence electrons. The van der Waals surface area contributed by atoms with Gasteiger partial charge in [-0.15, -0.1) is 0 Å². The van der Waals surface area contributed by atoms with Crippen LogP contribution in [-0.4, -0.2) is 27.7 Å². The third kappa shape index (κ3) is 3.06. The lowest BCUT2D eigenvalue weighted by molar-refractivity contribution is 0.0920. The molecule has 0 fully saturated rings. The fourth-order valence-electron chi connectivity index (χ4n) is 2.83. The van der Waals surface area contributed by atoms with E-state index in [0.717, 1.165) is 10.5 Å². The lowest BCUT2D eigenvalue weighted by atomic mass is 10.1. The summed E-state index contributed by atoms with van der Waals surface area (Å²) in [5.41, 5.74) is 1.86. The van der Waals surface area contributed by atoms with Crippen LogP contribution in [0.15, 0.2) is 67.0 Å². The van der Waals surface area contributed by atoms with E-state index in [1.165, 1.54) is 12.4 Å². The third-order valence-electron chi connectivity index (χ3n) is 4.19. The summed E-state index contributed by atoms with van der Waals surface area (Å²) in [5.74, 6) is -1.29. The van der Waals surface area contributed by atoms with Crippen molar-refractivity contribution < 1.29 is 14.4 Å². The molecule has 0 spiro atoms. The topological polar surface area (TPSA) is 92.3 Å². The Morgan fingerprint density at radius 3 is 2.04 bits per heavy atom. The Hall–Kier alpha value is -3.87. The number of amides is 3. The summed E-state index contributed by atoms with van der Waals surface area (Å²) in [5, 5.41) is 2.83. The molecule has 1 aliphatic heterocycles. The summed E-state index contributed by atoms with van der Waals surface area (Å²) in [7, 11) is 0. The van der Waals surface area contributed by atoms with Crippen LogP contribution >= 0.6 is 0 Å². The van der Waals surface area contributed by atoms with Gasteiger partial charge in [-0.3, -0.25) is 14.4 Å². The van der Waals surface area contributed by atoms with Crippen LogP contribution in [0.4, 0.5) is 5.69 Å². The molecule has 3 amide bonds. The Bertz CT molecular complexity index is 998. The number of nitrogens with zero attached hydrogens (tertiary/aromatic N) is 3. The summed E-state index contributed by atoms with van der Waals surface area (Å²) in [6, 6.07) is 15.8. The van der Waals surface area contributed by atoms with Gasteiger partial charge in [0.05, 0.1) is 5.69 Å². The maximum atomic E-state index is 12.4. The predicted molar refractivity (Wildman–Crippen MR) is 97.2 cm³/mol. The van der Waals surface area contributed by atoms with Crippen LogP contribution in [0, 0.1) is 0 Å². The number of aromatic nitrogens is 2. The van der Waals surface area contributed by atoms with Gasteiger partial charge in [-0.25, -0.2) is 14.9 Å². The summed E-state index contributed by atoms with van der Waals surface area (Å²) in [4.78, 5) is 46.0. The molecule has 0 saturated carbocycles. The Morgan fingerprint density at radius 2 is 1.44 bits per heavy atom. The molecule has 27 heavy (non-hydrogen) atoms. The average Bonchev–Trinajstić information content (AvgIpc) is 2.98. The molecule has 3 aromatic rings. The van der Waals surface area contributed by atoms with Crippen LogP contribution in [0.2, 0.25) is 0 Å². The lowest BCUT2D eigenvalue weighted by Crippen LogP contribution is -2.29. The van der Waals surface area contributed by atoms with Gasteiger partial charge in [-0.05, 0) is 29.8 Å². The summed E-state index contributed by atoms with van der Waals surface area (Å²) < 4.78 is 0. The van der Waals surface area contributed by atoms with Crippen molar-refractivity contribution in [1.82, 2.24) is 15.3 Å². The van der Waals surface area contributed by atoms with Crippen molar-refractivity contribution in [3.63, 3.8) is 0 Å². The van der Waals surface area contributed by atoms with E-state index in [1.54, 1.807) is 24.3 Å².